The van der Waals surface area contributed by atoms with Gasteiger partial charge in [0.05, 0.1) is 0 Å². The number of hydrogen-bond acceptors (Lipinski definition) is 2. The van der Waals surface area contributed by atoms with E-state index < -0.39 is 0 Å². The number of nitrogens with two attached hydrogens (primary N) is 1. The molecule has 0 amide bonds. The first-order valence-corrected chi connectivity index (χ1v) is 5.31. The van der Waals surface area contributed by atoms with Crippen molar-refractivity contribution in [2.24, 2.45) is 5.73 Å². The van der Waals surface area contributed by atoms with Gasteiger partial charge in [0.2, 0.25) is 0 Å². The highest BCUT2D eigenvalue weighted by atomic mass is 35.5. The third kappa shape index (κ3) is 2.98. The van der Waals surface area contributed by atoms with Gasteiger partial charge in [-0.25, -0.2) is 0 Å². The number of anilines is 1. The maximum absolute atomic E-state index is 6.14. The molecule has 2 nitrogen and oxygen atoms in total. The standard InChI is InChI=1S/C12H17ClN2/c1-4-7-15(3)10-5-6-11(9(2)14)12(13)8-10/h4-6,8-9H,1,7,14H2,2-3H3. The zero-order valence-corrected chi connectivity index (χ0v) is 9.96. The van der Waals surface area contributed by atoms with E-state index >= 15 is 0 Å². The van der Waals surface area contributed by atoms with Crippen LogP contribution >= 0.6 is 11.6 Å². The molecule has 0 aliphatic heterocycles. The second-order valence-electron chi connectivity index (χ2n) is 3.66. The molecule has 2 N–H and O–H groups in total. The lowest BCUT2D eigenvalue weighted by atomic mass is 10.1. The molecule has 0 spiro atoms. The molecule has 0 fully saturated rings. The molecule has 82 valence electrons. The highest BCUT2D eigenvalue weighted by molar-refractivity contribution is 6.31. The van der Waals surface area contributed by atoms with Crippen molar-refractivity contribution >= 4 is 17.3 Å². The fraction of sp³-hybridized carbons (Fsp3) is 0.333. The minimum Gasteiger partial charge on any atom is -0.371 e. The summed E-state index contributed by atoms with van der Waals surface area (Å²) in [4.78, 5) is 2.07. The Bertz CT molecular complexity index is 347. The zero-order chi connectivity index (χ0) is 11.4. The Hall–Kier alpha value is -0.990. The van der Waals surface area contributed by atoms with Crippen LogP contribution in [0.15, 0.2) is 30.9 Å². The van der Waals surface area contributed by atoms with Gasteiger partial charge in [-0.15, -0.1) is 6.58 Å². The average Bonchev–Trinajstić information content (AvgIpc) is 2.17. The van der Waals surface area contributed by atoms with Gasteiger partial charge >= 0.3 is 0 Å². The second-order valence-corrected chi connectivity index (χ2v) is 4.07. The lowest BCUT2D eigenvalue weighted by Gasteiger charge is -2.19. The van der Waals surface area contributed by atoms with Crippen molar-refractivity contribution in [1.29, 1.82) is 0 Å². The molecule has 0 radical (unpaired) electrons. The molecule has 0 saturated carbocycles. The van der Waals surface area contributed by atoms with Gasteiger partial charge in [0.1, 0.15) is 0 Å². The van der Waals surface area contributed by atoms with Crippen molar-refractivity contribution < 1.29 is 0 Å². The smallest absolute Gasteiger partial charge is 0.0474 e. The van der Waals surface area contributed by atoms with Crippen LogP contribution in [0.5, 0.6) is 0 Å². The molecular weight excluding hydrogens is 208 g/mol. The van der Waals surface area contributed by atoms with E-state index in [-0.39, 0.29) is 6.04 Å². The van der Waals surface area contributed by atoms with Gasteiger partial charge in [-0.3, -0.25) is 0 Å². The van der Waals surface area contributed by atoms with E-state index in [1.807, 2.05) is 38.2 Å². The van der Waals surface area contributed by atoms with Crippen LogP contribution in [0.2, 0.25) is 5.02 Å². The van der Waals surface area contributed by atoms with Crippen LogP contribution in [0.1, 0.15) is 18.5 Å². The summed E-state index contributed by atoms with van der Waals surface area (Å²) in [6, 6.07) is 5.90. The quantitative estimate of drug-likeness (QED) is 0.797. The maximum Gasteiger partial charge on any atom is 0.0474 e. The van der Waals surface area contributed by atoms with Crippen molar-refractivity contribution in [3.63, 3.8) is 0 Å². The highest BCUT2D eigenvalue weighted by Crippen LogP contribution is 2.26. The number of nitrogens with zero attached hydrogens (tertiary/aromatic N) is 1. The predicted octanol–water partition coefficient (Wildman–Crippen LogP) is 2.98. The Morgan fingerprint density at radius 3 is 2.73 bits per heavy atom. The number of benzene rings is 1. The molecule has 15 heavy (non-hydrogen) atoms. The van der Waals surface area contributed by atoms with Gasteiger partial charge in [-0.1, -0.05) is 23.7 Å². The molecule has 3 heteroatoms. The molecule has 1 aromatic rings. The molecule has 0 aromatic heterocycles. The summed E-state index contributed by atoms with van der Waals surface area (Å²) in [6.45, 7) is 6.42. The van der Waals surface area contributed by atoms with Gasteiger partial charge in [0.15, 0.2) is 0 Å². The summed E-state index contributed by atoms with van der Waals surface area (Å²) >= 11 is 6.14. The van der Waals surface area contributed by atoms with Crippen LogP contribution in [0.4, 0.5) is 5.69 Å². The molecule has 0 heterocycles. The lowest BCUT2D eigenvalue weighted by molar-refractivity contribution is 0.818. The fourth-order valence-electron chi connectivity index (χ4n) is 1.42. The van der Waals surface area contributed by atoms with E-state index in [2.05, 4.69) is 11.5 Å². The molecule has 0 aliphatic carbocycles. The molecule has 0 aliphatic rings. The summed E-state index contributed by atoms with van der Waals surface area (Å²) in [5, 5.41) is 0.721. The van der Waals surface area contributed by atoms with E-state index in [0.717, 1.165) is 22.8 Å². The van der Waals surface area contributed by atoms with E-state index in [1.165, 1.54) is 0 Å². The van der Waals surface area contributed by atoms with Crippen LogP contribution in [-0.2, 0) is 0 Å². The molecule has 1 atom stereocenters. The summed E-state index contributed by atoms with van der Waals surface area (Å²) in [5.74, 6) is 0. The van der Waals surface area contributed by atoms with Gasteiger partial charge in [0.25, 0.3) is 0 Å². The number of halogens is 1. The second kappa shape index (κ2) is 5.19. The molecule has 0 bridgehead atoms. The molecule has 0 saturated heterocycles. The van der Waals surface area contributed by atoms with Crippen molar-refractivity contribution in [3.8, 4) is 0 Å². The third-order valence-electron chi connectivity index (χ3n) is 2.32. The summed E-state index contributed by atoms with van der Waals surface area (Å²) in [5.41, 5.74) is 7.84. The van der Waals surface area contributed by atoms with E-state index in [4.69, 9.17) is 17.3 Å². The topological polar surface area (TPSA) is 29.3 Å². The van der Waals surface area contributed by atoms with Gasteiger partial charge in [0, 0.05) is 30.3 Å². The predicted molar refractivity (Wildman–Crippen MR) is 67.5 cm³/mol. The Labute approximate surface area is 96.3 Å². The first kappa shape index (κ1) is 12.1. The Morgan fingerprint density at radius 1 is 1.60 bits per heavy atom. The molecule has 1 aromatic carbocycles. The third-order valence-corrected chi connectivity index (χ3v) is 2.65. The van der Waals surface area contributed by atoms with E-state index in [9.17, 15) is 0 Å². The highest BCUT2D eigenvalue weighted by Gasteiger charge is 2.07. The van der Waals surface area contributed by atoms with E-state index in [0.29, 0.717) is 0 Å². The molecule has 1 unspecified atom stereocenters. The summed E-state index contributed by atoms with van der Waals surface area (Å²) in [7, 11) is 2.00. The van der Waals surface area contributed by atoms with Crippen molar-refractivity contribution in [1.82, 2.24) is 0 Å². The van der Waals surface area contributed by atoms with Gasteiger partial charge < -0.3 is 10.6 Å². The van der Waals surface area contributed by atoms with Crippen LogP contribution in [-0.4, -0.2) is 13.6 Å². The van der Waals surface area contributed by atoms with Crippen LogP contribution in [0, 0.1) is 0 Å². The average molecular weight is 225 g/mol. The molecular formula is C12H17ClN2. The van der Waals surface area contributed by atoms with E-state index in [1.54, 1.807) is 0 Å². The Morgan fingerprint density at radius 2 is 2.27 bits per heavy atom. The monoisotopic (exact) mass is 224 g/mol. The Balaban J connectivity index is 2.95. The van der Waals surface area contributed by atoms with Crippen molar-refractivity contribution in [3.05, 3.63) is 41.4 Å². The fourth-order valence-corrected chi connectivity index (χ4v) is 1.77. The first-order valence-electron chi connectivity index (χ1n) is 4.93. The number of likely N-dealkylation sites (N-methyl/N-ethyl adjacent to an activating group) is 1. The van der Waals surface area contributed by atoms with Gasteiger partial charge in [-0.05, 0) is 24.6 Å². The Kier molecular flexibility index (Phi) is 4.18. The SMILES string of the molecule is C=CCN(C)c1ccc(C(C)N)c(Cl)c1. The number of rotatable bonds is 4. The maximum atomic E-state index is 6.14. The minimum atomic E-state index is -0.0312. The molecule has 1 rings (SSSR count). The largest absolute Gasteiger partial charge is 0.371 e. The van der Waals surface area contributed by atoms with Crippen molar-refractivity contribution in [2.45, 2.75) is 13.0 Å². The zero-order valence-electron chi connectivity index (χ0n) is 9.20. The lowest BCUT2D eigenvalue weighted by Crippen LogP contribution is -2.16. The first-order chi connectivity index (χ1) is 7.06. The number of hydrogen-bond donors (Lipinski definition) is 1. The summed E-state index contributed by atoms with van der Waals surface area (Å²) < 4.78 is 0. The summed E-state index contributed by atoms with van der Waals surface area (Å²) in [6.07, 6.45) is 1.85. The van der Waals surface area contributed by atoms with Crippen LogP contribution < -0.4 is 10.6 Å². The van der Waals surface area contributed by atoms with Crippen LogP contribution in [0.3, 0.4) is 0 Å². The van der Waals surface area contributed by atoms with Gasteiger partial charge in [-0.2, -0.15) is 0 Å². The minimum absolute atomic E-state index is 0.0312. The normalized spacial score (nSPS) is 12.3. The van der Waals surface area contributed by atoms with Crippen molar-refractivity contribution in [2.75, 3.05) is 18.5 Å². The van der Waals surface area contributed by atoms with Crippen LogP contribution in [0.25, 0.3) is 0 Å².